The number of hydrogen-bond acceptors (Lipinski definition) is 5. The molecule has 1 heterocycles. The summed E-state index contributed by atoms with van der Waals surface area (Å²) in [5, 5.41) is 14.2. The van der Waals surface area contributed by atoms with Gasteiger partial charge in [0.25, 0.3) is 15.7 Å². The zero-order chi connectivity index (χ0) is 18.2. The van der Waals surface area contributed by atoms with Crippen LogP contribution in [0.4, 0.5) is 11.4 Å². The topological polar surface area (TPSA) is 92.5 Å². The summed E-state index contributed by atoms with van der Waals surface area (Å²) in [5.74, 6) is 0. The Bertz CT molecular complexity index is 927. The van der Waals surface area contributed by atoms with E-state index >= 15 is 0 Å². The summed E-state index contributed by atoms with van der Waals surface area (Å²) in [6.45, 7) is 4.38. The number of nitro benzene ring substituents is 1. The van der Waals surface area contributed by atoms with Gasteiger partial charge in [-0.1, -0.05) is 18.2 Å². The van der Waals surface area contributed by atoms with Gasteiger partial charge in [-0.2, -0.15) is 0 Å². The number of nitrogens with one attached hydrogen (secondary N) is 1. The van der Waals surface area contributed by atoms with Gasteiger partial charge in [0, 0.05) is 31.3 Å². The Balaban J connectivity index is 2.12. The number of hydrogen-bond donors (Lipinski definition) is 1. The SMILES string of the molecule is Cc1cc([N+](=O)[O-])ccc1S(=O)(=O)N1CC(C)NCc2ccccc21. The van der Waals surface area contributed by atoms with E-state index in [1.807, 2.05) is 19.1 Å². The van der Waals surface area contributed by atoms with Crippen LogP contribution in [0.5, 0.6) is 0 Å². The lowest BCUT2D eigenvalue weighted by molar-refractivity contribution is -0.385. The molecule has 8 heteroatoms. The van der Waals surface area contributed by atoms with Gasteiger partial charge in [0.1, 0.15) is 0 Å². The van der Waals surface area contributed by atoms with Crippen LogP contribution in [0.3, 0.4) is 0 Å². The molecular weight excluding hydrogens is 342 g/mol. The van der Waals surface area contributed by atoms with Crippen LogP contribution in [0.1, 0.15) is 18.1 Å². The van der Waals surface area contributed by atoms with Crippen LogP contribution >= 0.6 is 0 Å². The van der Waals surface area contributed by atoms with Crippen molar-refractivity contribution in [2.45, 2.75) is 31.3 Å². The molecule has 0 aliphatic carbocycles. The minimum atomic E-state index is -3.83. The van der Waals surface area contributed by atoms with Crippen molar-refractivity contribution in [3.63, 3.8) is 0 Å². The first kappa shape index (κ1) is 17.4. The van der Waals surface area contributed by atoms with E-state index in [-0.39, 0.29) is 23.2 Å². The number of nitrogens with zero attached hydrogens (tertiary/aromatic N) is 2. The number of benzene rings is 2. The van der Waals surface area contributed by atoms with Crippen LogP contribution in [0, 0.1) is 17.0 Å². The molecule has 1 atom stereocenters. The Kier molecular flexibility index (Phi) is 4.49. The number of aryl methyl sites for hydroxylation is 1. The van der Waals surface area contributed by atoms with Gasteiger partial charge in [-0.25, -0.2) is 8.42 Å². The summed E-state index contributed by atoms with van der Waals surface area (Å²) in [5.41, 5.74) is 1.77. The fraction of sp³-hybridized carbons (Fsp3) is 0.294. The van der Waals surface area contributed by atoms with Crippen LogP contribution in [0.2, 0.25) is 0 Å². The zero-order valence-electron chi connectivity index (χ0n) is 14.0. The molecule has 1 aliphatic heterocycles. The molecule has 0 aromatic heterocycles. The number of nitro groups is 1. The molecule has 1 N–H and O–H groups in total. The van der Waals surface area contributed by atoms with Gasteiger partial charge in [-0.05, 0) is 37.1 Å². The normalized spacial score (nSPS) is 17.7. The zero-order valence-corrected chi connectivity index (χ0v) is 14.8. The number of fused-ring (bicyclic) bond motifs is 1. The first-order valence-corrected chi connectivity index (χ1v) is 9.34. The minimum absolute atomic E-state index is 0.0273. The van der Waals surface area contributed by atoms with Crippen molar-refractivity contribution in [2.75, 3.05) is 10.8 Å². The standard InChI is InChI=1S/C17H19N3O4S/c1-12-9-15(20(21)22)7-8-17(12)25(23,24)19-11-13(2)18-10-14-5-3-4-6-16(14)19/h3-9,13,18H,10-11H2,1-2H3. The number of para-hydroxylation sites is 1. The Hall–Kier alpha value is -2.45. The van der Waals surface area contributed by atoms with Gasteiger partial charge in [-0.3, -0.25) is 14.4 Å². The fourth-order valence-electron chi connectivity index (χ4n) is 2.98. The Morgan fingerprint density at radius 1 is 1.24 bits per heavy atom. The highest BCUT2D eigenvalue weighted by Crippen LogP contribution is 2.31. The summed E-state index contributed by atoms with van der Waals surface area (Å²) in [4.78, 5) is 10.5. The summed E-state index contributed by atoms with van der Waals surface area (Å²) in [7, 11) is -3.83. The van der Waals surface area contributed by atoms with Gasteiger partial charge in [0.15, 0.2) is 0 Å². The molecule has 132 valence electrons. The molecule has 0 fully saturated rings. The number of non-ortho nitro benzene ring substituents is 1. The molecule has 2 aromatic carbocycles. The van der Waals surface area contributed by atoms with Crippen molar-refractivity contribution in [3.05, 3.63) is 63.7 Å². The van der Waals surface area contributed by atoms with E-state index in [9.17, 15) is 18.5 Å². The van der Waals surface area contributed by atoms with E-state index < -0.39 is 14.9 Å². The maximum absolute atomic E-state index is 13.3. The molecule has 3 rings (SSSR count). The monoisotopic (exact) mass is 361 g/mol. The molecule has 0 saturated carbocycles. The lowest BCUT2D eigenvalue weighted by Gasteiger charge is -2.26. The van der Waals surface area contributed by atoms with E-state index in [2.05, 4.69) is 5.32 Å². The van der Waals surface area contributed by atoms with Crippen molar-refractivity contribution >= 4 is 21.4 Å². The van der Waals surface area contributed by atoms with Crippen LogP contribution in [-0.2, 0) is 16.6 Å². The van der Waals surface area contributed by atoms with E-state index in [0.717, 1.165) is 5.56 Å². The lowest BCUT2D eigenvalue weighted by atomic mass is 10.2. The smallest absolute Gasteiger partial charge is 0.269 e. The Morgan fingerprint density at radius 2 is 1.96 bits per heavy atom. The largest absolute Gasteiger partial charge is 0.308 e. The van der Waals surface area contributed by atoms with E-state index in [1.54, 1.807) is 19.1 Å². The van der Waals surface area contributed by atoms with Crippen molar-refractivity contribution in [2.24, 2.45) is 0 Å². The first-order chi connectivity index (χ1) is 11.8. The van der Waals surface area contributed by atoms with Crippen molar-refractivity contribution in [1.82, 2.24) is 5.32 Å². The van der Waals surface area contributed by atoms with Crippen LogP contribution < -0.4 is 9.62 Å². The van der Waals surface area contributed by atoms with E-state index in [1.165, 1.54) is 22.5 Å². The molecule has 0 bridgehead atoms. The second-order valence-corrected chi connectivity index (χ2v) is 7.98. The van der Waals surface area contributed by atoms with Gasteiger partial charge in [-0.15, -0.1) is 0 Å². The molecule has 1 aliphatic rings. The fourth-order valence-corrected chi connectivity index (χ4v) is 4.78. The third-order valence-corrected chi connectivity index (χ3v) is 6.22. The lowest BCUT2D eigenvalue weighted by Crippen LogP contribution is -2.39. The Morgan fingerprint density at radius 3 is 2.64 bits per heavy atom. The predicted octanol–water partition coefficient (Wildman–Crippen LogP) is 2.59. The highest BCUT2D eigenvalue weighted by molar-refractivity contribution is 7.92. The number of anilines is 1. The highest BCUT2D eigenvalue weighted by Gasteiger charge is 2.31. The quantitative estimate of drug-likeness (QED) is 0.670. The first-order valence-electron chi connectivity index (χ1n) is 7.90. The minimum Gasteiger partial charge on any atom is -0.308 e. The van der Waals surface area contributed by atoms with Gasteiger partial charge >= 0.3 is 0 Å². The molecule has 2 aromatic rings. The predicted molar refractivity (Wildman–Crippen MR) is 95.1 cm³/mol. The Labute approximate surface area is 146 Å². The van der Waals surface area contributed by atoms with E-state index in [0.29, 0.717) is 17.8 Å². The number of rotatable bonds is 3. The maximum atomic E-state index is 13.3. The van der Waals surface area contributed by atoms with Gasteiger partial charge < -0.3 is 5.32 Å². The summed E-state index contributed by atoms with van der Waals surface area (Å²) >= 11 is 0. The average molecular weight is 361 g/mol. The number of sulfonamides is 1. The molecule has 1 unspecified atom stereocenters. The van der Waals surface area contributed by atoms with Crippen LogP contribution in [-0.4, -0.2) is 25.9 Å². The summed E-state index contributed by atoms with van der Waals surface area (Å²) in [6.07, 6.45) is 0. The summed E-state index contributed by atoms with van der Waals surface area (Å²) in [6, 6.07) is 11.2. The summed E-state index contributed by atoms with van der Waals surface area (Å²) < 4.78 is 27.9. The maximum Gasteiger partial charge on any atom is 0.269 e. The highest BCUT2D eigenvalue weighted by atomic mass is 32.2. The third-order valence-electron chi connectivity index (χ3n) is 4.28. The van der Waals surface area contributed by atoms with Crippen LogP contribution in [0.25, 0.3) is 0 Å². The van der Waals surface area contributed by atoms with Gasteiger partial charge in [0.2, 0.25) is 0 Å². The third kappa shape index (κ3) is 3.22. The molecule has 0 spiro atoms. The van der Waals surface area contributed by atoms with Crippen molar-refractivity contribution in [1.29, 1.82) is 0 Å². The molecular formula is C17H19N3O4S. The second-order valence-electron chi connectivity index (χ2n) is 6.15. The van der Waals surface area contributed by atoms with E-state index in [4.69, 9.17) is 0 Å². The van der Waals surface area contributed by atoms with Gasteiger partial charge in [0.05, 0.1) is 15.5 Å². The molecule has 0 radical (unpaired) electrons. The van der Waals surface area contributed by atoms with Crippen molar-refractivity contribution < 1.29 is 13.3 Å². The van der Waals surface area contributed by atoms with Crippen LogP contribution in [0.15, 0.2) is 47.4 Å². The molecule has 25 heavy (non-hydrogen) atoms. The van der Waals surface area contributed by atoms with Crippen molar-refractivity contribution in [3.8, 4) is 0 Å². The average Bonchev–Trinajstić information content (AvgIpc) is 2.74. The molecule has 0 amide bonds. The molecule has 7 nitrogen and oxygen atoms in total. The molecule has 0 saturated heterocycles. The second kappa shape index (κ2) is 6.45.